The lowest BCUT2D eigenvalue weighted by molar-refractivity contribution is -0.135. The molecule has 1 amide bonds. The molecule has 0 aliphatic carbocycles. The average molecular weight is 380 g/mol. The normalized spacial score (nSPS) is 21.1. The van der Waals surface area contributed by atoms with Crippen molar-refractivity contribution in [1.29, 1.82) is 0 Å². The van der Waals surface area contributed by atoms with Crippen molar-refractivity contribution in [2.45, 2.75) is 18.9 Å². The molecule has 0 saturated carbocycles. The minimum Gasteiger partial charge on any atom is -0.493 e. The summed E-state index contributed by atoms with van der Waals surface area (Å²) in [6.45, 7) is 5.06. The van der Waals surface area contributed by atoms with Crippen molar-refractivity contribution in [3.05, 3.63) is 53.6 Å². The fraction of sp³-hybridized carbons (Fsp3) is 0.409. The summed E-state index contributed by atoms with van der Waals surface area (Å²) in [6, 6.07) is 14.0. The highest BCUT2D eigenvalue weighted by Gasteiger charge is 2.32. The number of rotatable bonds is 3. The first kappa shape index (κ1) is 17.4. The molecule has 1 unspecified atom stereocenters. The van der Waals surface area contributed by atoms with Gasteiger partial charge in [-0.25, -0.2) is 0 Å². The van der Waals surface area contributed by atoms with Crippen LogP contribution in [0.15, 0.2) is 42.5 Å². The Balaban J connectivity index is 1.20. The number of fused-ring (bicyclic) bond motifs is 2. The first-order valence-corrected chi connectivity index (χ1v) is 9.89. The smallest absolute Gasteiger partial charge is 0.231 e. The van der Waals surface area contributed by atoms with Crippen LogP contribution in [0.25, 0.3) is 0 Å². The number of para-hydroxylation sites is 1. The number of carbonyl (C=O) groups excluding carboxylic acids is 1. The van der Waals surface area contributed by atoms with Gasteiger partial charge in [-0.15, -0.1) is 0 Å². The average Bonchev–Trinajstić information content (AvgIpc) is 3.21. The summed E-state index contributed by atoms with van der Waals surface area (Å²) < 4.78 is 16.6. The maximum Gasteiger partial charge on any atom is 0.231 e. The maximum absolute atomic E-state index is 13.1. The summed E-state index contributed by atoms with van der Waals surface area (Å²) in [5, 5.41) is 0. The number of ether oxygens (including phenoxy) is 3. The fourth-order valence-electron chi connectivity index (χ4n) is 4.24. The topological polar surface area (TPSA) is 51.2 Å². The Bertz CT molecular complexity index is 877. The number of carbonyl (C=O) groups is 1. The second-order valence-electron chi connectivity index (χ2n) is 7.52. The number of benzene rings is 2. The van der Waals surface area contributed by atoms with Gasteiger partial charge in [0.25, 0.3) is 0 Å². The molecular formula is C22H24N2O4. The lowest BCUT2D eigenvalue weighted by Crippen LogP contribution is -2.50. The van der Waals surface area contributed by atoms with E-state index in [1.807, 2.05) is 35.2 Å². The second kappa shape index (κ2) is 7.36. The highest BCUT2D eigenvalue weighted by atomic mass is 16.7. The fourth-order valence-corrected chi connectivity index (χ4v) is 4.24. The number of amides is 1. The number of hydrogen-bond acceptors (Lipinski definition) is 5. The van der Waals surface area contributed by atoms with Crippen LogP contribution < -0.4 is 14.2 Å². The second-order valence-corrected chi connectivity index (χ2v) is 7.52. The Morgan fingerprint density at radius 2 is 1.75 bits per heavy atom. The molecule has 2 aromatic carbocycles. The van der Waals surface area contributed by atoms with E-state index in [0.29, 0.717) is 13.4 Å². The van der Waals surface area contributed by atoms with E-state index in [1.165, 1.54) is 5.56 Å². The molecule has 0 N–H and O–H groups in total. The Morgan fingerprint density at radius 1 is 0.929 bits per heavy atom. The van der Waals surface area contributed by atoms with Crippen LogP contribution in [0.1, 0.15) is 23.5 Å². The van der Waals surface area contributed by atoms with E-state index in [2.05, 4.69) is 17.0 Å². The third-order valence-electron chi connectivity index (χ3n) is 5.78. The van der Waals surface area contributed by atoms with Crippen LogP contribution in [0, 0.1) is 0 Å². The van der Waals surface area contributed by atoms with Crippen LogP contribution in [-0.2, 0) is 11.3 Å². The van der Waals surface area contributed by atoms with Crippen LogP contribution in [0.2, 0.25) is 0 Å². The van der Waals surface area contributed by atoms with Crippen LogP contribution in [0.5, 0.6) is 17.2 Å². The minimum absolute atomic E-state index is 0.0784. The maximum atomic E-state index is 13.1. The highest BCUT2D eigenvalue weighted by molar-refractivity contribution is 5.85. The van der Waals surface area contributed by atoms with Gasteiger partial charge < -0.3 is 19.1 Å². The molecule has 146 valence electrons. The van der Waals surface area contributed by atoms with Gasteiger partial charge in [-0.3, -0.25) is 9.69 Å². The van der Waals surface area contributed by atoms with E-state index in [-0.39, 0.29) is 11.8 Å². The van der Waals surface area contributed by atoms with Crippen molar-refractivity contribution in [2.75, 3.05) is 39.6 Å². The van der Waals surface area contributed by atoms with E-state index >= 15 is 0 Å². The zero-order chi connectivity index (χ0) is 18.9. The molecule has 6 nitrogen and oxygen atoms in total. The molecule has 3 aliphatic rings. The van der Waals surface area contributed by atoms with Gasteiger partial charge in [-0.2, -0.15) is 0 Å². The number of piperazine rings is 1. The Morgan fingerprint density at radius 3 is 2.64 bits per heavy atom. The van der Waals surface area contributed by atoms with Gasteiger partial charge >= 0.3 is 0 Å². The molecule has 0 spiro atoms. The molecule has 0 bridgehead atoms. The molecule has 3 aliphatic heterocycles. The predicted octanol–water partition coefficient (Wildman–Crippen LogP) is 2.63. The van der Waals surface area contributed by atoms with E-state index in [0.717, 1.165) is 62.0 Å². The van der Waals surface area contributed by atoms with E-state index in [9.17, 15) is 4.79 Å². The van der Waals surface area contributed by atoms with E-state index in [4.69, 9.17) is 14.2 Å². The van der Waals surface area contributed by atoms with Crippen molar-refractivity contribution < 1.29 is 19.0 Å². The Labute approximate surface area is 164 Å². The molecule has 0 aromatic heterocycles. The monoisotopic (exact) mass is 380 g/mol. The molecule has 6 heteroatoms. The third kappa shape index (κ3) is 3.29. The lowest BCUT2D eigenvalue weighted by atomic mass is 9.91. The van der Waals surface area contributed by atoms with E-state index in [1.54, 1.807) is 0 Å². The van der Waals surface area contributed by atoms with Crippen LogP contribution >= 0.6 is 0 Å². The Kier molecular flexibility index (Phi) is 4.56. The van der Waals surface area contributed by atoms with Crippen molar-refractivity contribution in [3.63, 3.8) is 0 Å². The van der Waals surface area contributed by atoms with Crippen molar-refractivity contribution in [1.82, 2.24) is 9.80 Å². The summed E-state index contributed by atoms with van der Waals surface area (Å²) in [6.07, 6.45) is 0.757. The number of hydrogen-bond donors (Lipinski definition) is 0. The molecule has 2 aromatic rings. The summed E-state index contributed by atoms with van der Waals surface area (Å²) in [4.78, 5) is 17.5. The SMILES string of the molecule is O=C(C1CCOc2ccccc21)N1CCN(Cc2ccc3c(c2)OCO3)CC1. The summed E-state index contributed by atoms with van der Waals surface area (Å²) >= 11 is 0. The summed E-state index contributed by atoms with van der Waals surface area (Å²) in [5.41, 5.74) is 2.24. The Hall–Kier alpha value is -2.73. The van der Waals surface area contributed by atoms with Crippen LogP contribution in [0.4, 0.5) is 0 Å². The van der Waals surface area contributed by atoms with E-state index < -0.39 is 0 Å². The molecule has 1 saturated heterocycles. The molecule has 3 heterocycles. The molecular weight excluding hydrogens is 356 g/mol. The molecule has 28 heavy (non-hydrogen) atoms. The van der Waals surface area contributed by atoms with Crippen LogP contribution in [0.3, 0.4) is 0 Å². The minimum atomic E-state index is -0.0784. The van der Waals surface area contributed by atoms with Crippen molar-refractivity contribution in [2.24, 2.45) is 0 Å². The van der Waals surface area contributed by atoms with Gasteiger partial charge in [0.1, 0.15) is 5.75 Å². The van der Waals surface area contributed by atoms with Crippen molar-refractivity contribution >= 4 is 5.91 Å². The summed E-state index contributed by atoms with van der Waals surface area (Å²) in [7, 11) is 0. The van der Waals surface area contributed by atoms with Gasteiger partial charge in [0.15, 0.2) is 11.5 Å². The van der Waals surface area contributed by atoms with Gasteiger partial charge in [0.2, 0.25) is 12.7 Å². The zero-order valence-corrected chi connectivity index (χ0v) is 15.8. The van der Waals surface area contributed by atoms with Gasteiger partial charge in [0.05, 0.1) is 12.5 Å². The molecule has 0 radical (unpaired) electrons. The largest absolute Gasteiger partial charge is 0.493 e. The number of nitrogens with zero attached hydrogens (tertiary/aromatic N) is 2. The molecule has 1 fully saturated rings. The van der Waals surface area contributed by atoms with Gasteiger partial charge in [0, 0.05) is 38.3 Å². The summed E-state index contributed by atoms with van der Waals surface area (Å²) in [5.74, 6) is 2.65. The first-order valence-electron chi connectivity index (χ1n) is 9.89. The quantitative estimate of drug-likeness (QED) is 0.819. The highest BCUT2D eigenvalue weighted by Crippen LogP contribution is 2.35. The zero-order valence-electron chi connectivity index (χ0n) is 15.8. The van der Waals surface area contributed by atoms with Gasteiger partial charge in [-0.05, 0) is 30.2 Å². The van der Waals surface area contributed by atoms with Crippen LogP contribution in [-0.4, -0.2) is 55.3 Å². The standard InChI is InChI=1S/C22H24N2O4/c25-22(18-7-12-26-19-4-2-1-3-17(18)19)24-10-8-23(9-11-24)14-16-5-6-20-21(13-16)28-15-27-20/h1-6,13,18H,7-12,14-15H2. The van der Waals surface area contributed by atoms with Gasteiger partial charge in [-0.1, -0.05) is 24.3 Å². The third-order valence-corrected chi connectivity index (χ3v) is 5.78. The molecule has 1 atom stereocenters. The predicted molar refractivity (Wildman–Crippen MR) is 104 cm³/mol. The first-order chi connectivity index (χ1) is 13.8. The molecule has 5 rings (SSSR count). The lowest BCUT2D eigenvalue weighted by Gasteiger charge is -2.37. The van der Waals surface area contributed by atoms with Crippen molar-refractivity contribution in [3.8, 4) is 17.2 Å².